The van der Waals surface area contributed by atoms with Gasteiger partial charge < -0.3 is 19.9 Å². The van der Waals surface area contributed by atoms with Crippen molar-refractivity contribution in [2.24, 2.45) is 10.3 Å². The summed E-state index contributed by atoms with van der Waals surface area (Å²) >= 11 is 0. The second-order valence-corrected chi connectivity index (χ2v) is 6.58. The molecule has 0 saturated carbocycles. The Labute approximate surface area is 154 Å². The fourth-order valence-corrected chi connectivity index (χ4v) is 1.98. The van der Waals surface area contributed by atoms with E-state index >= 15 is 0 Å². The smallest absolute Gasteiger partial charge is 0.408 e. The molecule has 0 aliphatic heterocycles. The van der Waals surface area contributed by atoms with E-state index in [1.807, 2.05) is 24.3 Å². The van der Waals surface area contributed by atoms with Crippen LogP contribution >= 0.6 is 0 Å². The first-order chi connectivity index (χ1) is 12.2. The fraction of sp³-hybridized carbons (Fsp3) is 0.500. The summed E-state index contributed by atoms with van der Waals surface area (Å²) in [5, 5.41) is 19.0. The Morgan fingerprint density at radius 2 is 1.96 bits per heavy atom. The first-order valence-corrected chi connectivity index (χ1v) is 8.29. The van der Waals surface area contributed by atoms with E-state index in [-0.39, 0.29) is 13.2 Å². The molecule has 0 aliphatic carbocycles. The molecule has 0 saturated heterocycles. The number of hydrogen-bond donors (Lipinski definition) is 3. The zero-order valence-electron chi connectivity index (χ0n) is 15.8. The van der Waals surface area contributed by atoms with Gasteiger partial charge in [-0.25, -0.2) is 4.79 Å². The monoisotopic (exact) mass is 364 g/mol. The highest BCUT2D eigenvalue weighted by Gasteiger charge is 2.21. The van der Waals surface area contributed by atoms with E-state index in [1.165, 1.54) is 0 Å². The number of benzene rings is 1. The van der Waals surface area contributed by atoms with E-state index in [4.69, 9.17) is 14.6 Å². The molecule has 0 heterocycles. The maximum atomic E-state index is 12.1. The molecule has 0 aromatic heterocycles. The minimum atomic E-state index is -0.607. The summed E-state index contributed by atoms with van der Waals surface area (Å²) in [4.78, 5) is 12.1. The summed E-state index contributed by atoms with van der Waals surface area (Å²) in [7, 11) is 1.60. The van der Waals surface area contributed by atoms with Gasteiger partial charge in [-0.05, 0) is 44.9 Å². The molecule has 8 heteroatoms. The molecule has 1 atom stereocenters. The van der Waals surface area contributed by atoms with Gasteiger partial charge in [0.15, 0.2) is 0 Å². The summed E-state index contributed by atoms with van der Waals surface area (Å²) in [6.45, 7) is 9.38. The van der Waals surface area contributed by atoms with Crippen molar-refractivity contribution in [1.29, 1.82) is 0 Å². The number of aliphatic hydroxyl groups is 1. The summed E-state index contributed by atoms with van der Waals surface area (Å²) in [6.07, 6.45) is -0.0730. The normalized spacial score (nSPS) is 12.5. The van der Waals surface area contributed by atoms with Gasteiger partial charge in [-0.2, -0.15) is 5.11 Å². The second-order valence-electron chi connectivity index (χ2n) is 6.58. The molecule has 0 radical (unpaired) electrons. The molecule has 8 nitrogen and oxygen atoms in total. The van der Waals surface area contributed by atoms with E-state index in [0.29, 0.717) is 12.1 Å². The van der Waals surface area contributed by atoms with Crippen LogP contribution in [0.5, 0.6) is 5.75 Å². The van der Waals surface area contributed by atoms with Gasteiger partial charge >= 0.3 is 6.09 Å². The Morgan fingerprint density at radius 1 is 1.31 bits per heavy atom. The van der Waals surface area contributed by atoms with E-state index in [2.05, 4.69) is 27.7 Å². The van der Waals surface area contributed by atoms with E-state index < -0.39 is 17.7 Å². The maximum Gasteiger partial charge on any atom is 0.408 e. The molecule has 1 rings (SSSR count). The predicted octanol–water partition coefficient (Wildman–Crippen LogP) is 2.59. The molecule has 3 N–H and O–H groups in total. The van der Waals surface area contributed by atoms with Crippen LogP contribution in [0, 0.1) is 0 Å². The van der Waals surface area contributed by atoms with Crippen molar-refractivity contribution in [3.05, 3.63) is 42.1 Å². The van der Waals surface area contributed by atoms with Gasteiger partial charge in [0.05, 0.1) is 32.0 Å². The number of amides is 1. The van der Waals surface area contributed by atoms with Crippen LogP contribution in [0.25, 0.3) is 0 Å². The highest BCUT2D eigenvalue weighted by Crippen LogP contribution is 2.15. The standard InChI is InChI=1S/C18H28N4O4/c1-13(21-22-19-10-11-23)16(20-17(24)26-18(2,3)4)12-14-6-8-15(25-5)9-7-14/h6-9,16,23H,1,10-12H2,2-5H3,(H,19,21)(H,20,24)/t16-/m0/s1. The molecule has 1 aromatic carbocycles. The lowest BCUT2D eigenvalue weighted by Gasteiger charge is -2.24. The number of methoxy groups -OCH3 is 1. The summed E-state index contributed by atoms with van der Waals surface area (Å²) in [5.41, 5.74) is 3.51. The van der Waals surface area contributed by atoms with Gasteiger partial charge in [0, 0.05) is 0 Å². The summed E-state index contributed by atoms with van der Waals surface area (Å²) < 4.78 is 10.5. The van der Waals surface area contributed by atoms with Crippen molar-refractivity contribution in [2.45, 2.75) is 38.8 Å². The highest BCUT2D eigenvalue weighted by molar-refractivity contribution is 5.68. The van der Waals surface area contributed by atoms with Crippen LogP contribution in [0.1, 0.15) is 26.3 Å². The first-order valence-electron chi connectivity index (χ1n) is 8.29. The number of nitrogens with zero attached hydrogens (tertiary/aromatic N) is 2. The third-order valence-electron chi connectivity index (χ3n) is 3.17. The molecule has 1 amide bonds. The molecule has 0 fully saturated rings. The average Bonchev–Trinajstić information content (AvgIpc) is 2.57. The Kier molecular flexibility index (Phi) is 8.57. The van der Waals surface area contributed by atoms with Crippen LogP contribution in [0.2, 0.25) is 0 Å². The molecule has 26 heavy (non-hydrogen) atoms. The summed E-state index contributed by atoms with van der Waals surface area (Å²) in [5.74, 6) is 0.750. The predicted molar refractivity (Wildman–Crippen MR) is 98.9 cm³/mol. The molecular weight excluding hydrogens is 336 g/mol. The molecule has 144 valence electrons. The van der Waals surface area contributed by atoms with Crippen LogP contribution in [0.4, 0.5) is 4.79 Å². The van der Waals surface area contributed by atoms with Gasteiger partial charge in [0.25, 0.3) is 0 Å². The molecule has 0 unspecified atom stereocenters. The molecular formula is C18H28N4O4. The molecule has 0 spiro atoms. The van der Waals surface area contributed by atoms with E-state index in [9.17, 15) is 4.79 Å². The Balaban J connectivity index is 2.81. The second kappa shape index (κ2) is 10.4. The zero-order valence-corrected chi connectivity index (χ0v) is 15.8. The van der Waals surface area contributed by atoms with E-state index in [0.717, 1.165) is 11.3 Å². The number of hydrogen-bond acceptors (Lipinski definition) is 6. The molecule has 0 aliphatic rings. The molecule has 1 aromatic rings. The van der Waals surface area contributed by atoms with Gasteiger partial charge in [0.2, 0.25) is 0 Å². The van der Waals surface area contributed by atoms with Crippen LogP contribution in [0.15, 0.2) is 46.9 Å². The van der Waals surface area contributed by atoms with Gasteiger partial charge in [-0.3, -0.25) is 5.43 Å². The Bertz CT molecular complexity index is 609. The number of carbonyl (C=O) groups is 1. The number of aliphatic hydroxyl groups excluding tert-OH is 1. The van der Waals surface area contributed by atoms with Crippen molar-refractivity contribution in [3.63, 3.8) is 0 Å². The third kappa shape index (κ3) is 8.48. The minimum Gasteiger partial charge on any atom is -0.497 e. The number of nitrogens with one attached hydrogen (secondary N) is 2. The quantitative estimate of drug-likeness (QED) is 0.461. The minimum absolute atomic E-state index is 0.0942. The number of ether oxygens (including phenoxy) is 2. The van der Waals surface area contributed by atoms with Crippen LogP contribution < -0.4 is 15.5 Å². The SMILES string of the molecule is C=C(NN=NCCO)[C@H](Cc1ccc(OC)cc1)NC(=O)OC(C)(C)C. The fourth-order valence-electron chi connectivity index (χ4n) is 1.98. The average molecular weight is 364 g/mol. The largest absolute Gasteiger partial charge is 0.497 e. The lowest BCUT2D eigenvalue weighted by Crippen LogP contribution is -2.43. The van der Waals surface area contributed by atoms with Crippen molar-refractivity contribution < 1.29 is 19.4 Å². The van der Waals surface area contributed by atoms with Crippen molar-refractivity contribution in [1.82, 2.24) is 10.7 Å². The van der Waals surface area contributed by atoms with Gasteiger partial charge in [0.1, 0.15) is 11.4 Å². The van der Waals surface area contributed by atoms with Crippen LogP contribution in [0.3, 0.4) is 0 Å². The highest BCUT2D eigenvalue weighted by atomic mass is 16.6. The van der Waals surface area contributed by atoms with Crippen LogP contribution in [-0.2, 0) is 11.2 Å². The lowest BCUT2D eigenvalue weighted by molar-refractivity contribution is 0.0510. The Hall–Kier alpha value is -2.61. The lowest BCUT2D eigenvalue weighted by atomic mass is 10.0. The first kappa shape index (κ1) is 21.4. The topological polar surface area (TPSA) is 105 Å². The Morgan fingerprint density at radius 3 is 2.50 bits per heavy atom. The maximum absolute atomic E-state index is 12.1. The number of carbonyl (C=O) groups excluding carboxylic acids is 1. The van der Waals surface area contributed by atoms with E-state index in [1.54, 1.807) is 27.9 Å². The van der Waals surface area contributed by atoms with Gasteiger partial charge in [-0.1, -0.05) is 23.9 Å². The number of rotatable bonds is 9. The third-order valence-corrected chi connectivity index (χ3v) is 3.17. The number of alkyl carbamates (subject to hydrolysis) is 1. The van der Waals surface area contributed by atoms with Crippen molar-refractivity contribution in [3.8, 4) is 5.75 Å². The summed E-state index contributed by atoms with van der Waals surface area (Å²) in [6, 6.07) is 7.03. The molecule has 0 bridgehead atoms. The van der Waals surface area contributed by atoms with Crippen molar-refractivity contribution in [2.75, 3.05) is 20.3 Å². The van der Waals surface area contributed by atoms with Crippen molar-refractivity contribution >= 4 is 6.09 Å². The van der Waals surface area contributed by atoms with Crippen LogP contribution in [-0.4, -0.2) is 43.1 Å². The van der Waals surface area contributed by atoms with Gasteiger partial charge in [-0.15, -0.1) is 0 Å². The zero-order chi connectivity index (χ0) is 19.6.